The summed E-state index contributed by atoms with van der Waals surface area (Å²) in [5, 5.41) is 0. The lowest BCUT2D eigenvalue weighted by molar-refractivity contribution is -0.131. The van der Waals surface area contributed by atoms with Crippen LogP contribution in [0.2, 0.25) is 0 Å². The van der Waals surface area contributed by atoms with Crippen molar-refractivity contribution in [2.75, 3.05) is 5.73 Å². The molecular formula is C17H23NO. The topological polar surface area (TPSA) is 35.2 Å². The van der Waals surface area contributed by atoms with E-state index in [0.29, 0.717) is 6.10 Å². The molecule has 0 heterocycles. The fraction of sp³-hybridized carbons (Fsp3) is 0.647. The third-order valence-electron chi connectivity index (χ3n) is 5.56. The molecule has 0 amide bonds. The summed E-state index contributed by atoms with van der Waals surface area (Å²) in [4.78, 5) is 0. The summed E-state index contributed by atoms with van der Waals surface area (Å²) in [5.41, 5.74) is 7.80. The van der Waals surface area contributed by atoms with E-state index < -0.39 is 0 Å². The Kier molecular flexibility index (Phi) is 2.80. The summed E-state index contributed by atoms with van der Waals surface area (Å²) >= 11 is 0. The Morgan fingerprint density at radius 2 is 1.47 bits per heavy atom. The number of anilines is 1. The summed E-state index contributed by atoms with van der Waals surface area (Å²) in [6.07, 6.45) is 7.76. The van der Waals surface area contributed by atoms with Crippen LogP contribution in [0, 0.1) is 23.7 Å². The molecule has 5 rings (SSSR count). The van der Waals surface area contributed by atoms with Crippen molar-refractivity contribution >= 4 is 5.69 Å². The highest BCUT2D eigenvalue weighted by molar-refractivity contribution is 5.39. The van der Waals surface area contributed by atoms with Crippen molar-refractivity contribution in [3.63, 3.8) is 0 Å². The van der Waals surface area contributed by atoms with Crippen LogP contribution < -0.4 is 5.73 Å². The van der Waals surface area contributed by atoms with Crippen LogP contribution in [0.4, 0.5) is 5.69 Å². The lowest BCUT2D eigenvalue weighted by Gasteiger charge is -2.54. The smallest absolute Gasteiger partial charge is 0.0720 e. The normalized spacial score (nSPS) is 39.7. The van der Waals surface area contributed by atoms with E-state index in [1.54, 1.807) is 0 Å². The standard InChI is InChI=1S/C17H23NO/c18-16-3-1-11(2-4-16)10-19-17-14-6-12-5-13(8-14)9-15(17)7-12/h1-4,12-15,17H,5-10,18H2. The Morgan fingerprint density at radius 1 is 0.895 bits per heavy atom. The monoisotopic (exact) mass is 257 g/mol. The molecule has 0 spiro atoms. The van der Waals surface area contributed by atoms with Gasteiger partial charge in [0.05, 0.1) is 12.7 Å². The van der Waals surface area contributed by atoms with Crippen LogP contribution in [0.15, 0.2) is 24.3 Å². The highest BCUT2D eigenvalue weighted by Gasteiger charge is 2.48. The van der Waals surface area contributed by atoms with Crippen LogP contribution in [0.5, 0.6) is 0 Å². The molecule has 102 valence electrons. The molecule has 4 aliphatic rings. The molecule has 4 bridgehead atoms. The zero-order valence-corrected chi connectivity index (χ0v) is 11.4. The van der Waals surface area contributed by atoms with Crippen LogP contribution in [0.25, 0.3) is 0 Å². The third-order valence-corrected chi connectivity index (χ3v) is 5.56. The van der Waals surface area contributed by atoms with Gasteiger partial charge in [-0.1, -0.05) is 12.1 Å². The average Bonchev–Trinajstić information content (AvgIpc) is 2.39. The molecule has 2 N–H and O–H groups in total. The Balaban J connectivity index is 1.42. The Bertz CT molecular complexity index is 425. The van der Waals surface area contributed by atoms with Gasteiger partial charge in [-0.3, -0.25) is 0 Å². The molecule has 4 saturated carbocycles. The van der Waals surface area contributed by atoms with Crippen molar-refractivity contribution in [2.45, 2.75) is 44.8 Å². The fourth-order valence-corrected chi connectivity index (χ4v) is 4.95. The molecule has 2 nitrogen and oxygen atoms in total. The van der Waals surface area contributed by atoms with Crippen LogP contribution in [0.1, 0.15) is 37.7 Å². The van der Waals surface area contributed by atoms with E-state index >= 15 is 0 Å². The van der Waals surface area contributed by atoms with Crippen molar-refractivity contribution in [1.82, 2.24) is 0 Å². The molecule has 0 atom stereocenters. The maximum absolute atomic E-state index is 6.30. The number of benzene rings is 1. The first-order valence-corrected chi connectivity index (χ1v) is 7.74. The van der Waals surface area contributed by atoms with Gasteiger partial charge in [0.25, 0.3) is 0 Å². The van der Waals surface area contributed by atoms with Crippen molar-refractivity contribution < 1.29 is 4.74 Å². The van der Waals surface area contributed by atoms with Gasteiger partial charge >= 0.3 is 0 Å². The van der Waals surface area contributed by atoms with Gasteiger partial charge < -0.3 is 10.5 Å². The van der Waals surface area contributed by atoms with Gasteiger partial charge in [0.15, 0.2) is 0 Å². The molecule has 2 heteroatoms. The number of rotatable bonds is 3. The summed E-state index contributed by atoms with van der Waals surface area (Å²) in [6, 6.07) is 8.11. The van der Waals surface area contributed by atoms with Gasteiger partial charge in [0, 0.05) is 5.69 Å². The maximum atomic E-state index is 6.30. The Morgan fingerprint density at radius 3 is 2.05 bits per heavy atom. The molecule has 0 aliphatic heterocycles. The van der Waals surface area contributed by atoms with Crippen molar-refractivity contribution in [3.8, 4) is 0 Å². The van der Waals surface area contributed by atoms with E-state index in [0.717, 1.165) is 36.0 Å². The van der Waals surface area contributed by atoms with Crippen molar-refractivity contribution in [3.05, 3.63) is 29.8 Å². The van der Waals surface area contributed by atoms with Gasteiger partial charge in [-0.25, -0.2) is 0 Å². The number of nitrogen functional groups attached to an aromatic ring is 1. The van der Waals surface area contributed by atoms with Crippen molar-refractivity contribution in [1.29, 1.82) is 0 Å². The quantitative estimate of drug-likeness (QED) is 0.840. The second kappa shape index (κ2) is 4.52. The van der Waals surface area contributed by atoms with Crippen LogP contribution in [-0.2, 0) is 11.3 Å². The molecule has 0 radical (unpaired) electrons. The fourth-order valence-electron chi connectivity index (χ4n) is 4.95. The first kappa shape index (κ1) is 11.8. The minimum atomic E-state index is 0.533. The van der Waals surface area contributed by atoms with Crippen LogP contribution >= 0.6 is 0 Å². The average molecular weight is 257 g/mol. The third kappa shape index (κ3) is 2.16. The number of ether oxygens (including phenoxy) is 1. The molecular weight excluding hydrogens is 234 g/mol. The van der Waals surface area contributed by atoms with Crippen LogP contribution in [0.3, 0.4) is 0 Å². The van der Waals surface area contributed by atoms with Crippen molar-refractivity contribution in [2.24, 2.45) is 23.7 Å². The van der Waals surface area contributed by atoms with Gasteiger partial charge in [-0.2, -0.15) is 0 Å². The molecule has 0 saturated heterocycles. The molecule has 1 aromatic carbocycles. The molecule has 4 fully saturated rings. The second-order valence-corrected chi connectivity index (χ2v) is 6.95. The summed E-state index contributed by atoms with van der Waals surface area (Å²) in [7, 11) is 0. The van der Waals surface area contributed by atoms with E-state index in [4.69, 9.17) is 10.5 Å². The number of nitrogens with two attached hydrogens (primary N) is 1. The summed E-state index contributed by atoms with van der Waals surface area (Å²) in [6.45, 7) is 0.757. The first-order chi connectivity index (χ1) is 9.28. The predicted molar refractivity (Wildman–Crippen MR) is 76.5 cm³/mol. The first-order valence-electron chi connectivity index (χ1n) is 7.74. The molecule has 1 aromatic rings. The van der Waals surface area contributed by atoms with Gasteiger partial charge in [0.2, 0.25) is 0 Å². The van der Waals surface area contributed by atoms with E-state index in [1.165, 1.54) is 37.7 Å². The summed E-state index contributed by atoms with van der Waals surface area (Å²) in [5.74, 6) is 3.76. The van der Waals surface area contributed by atoms with Gasteiger partial charge in [-0.15, -0.1) is 0 Å². The highest BCUT2D eigenvalue weighted by atomic mass is 16.5. The minimum absolute atomic E-state index is 0.533. The Labute approximate surface area is 115 Å². The lowest BCUT2D eigenvalue weighted by atomic mass is 9.55. The molecule has 19 heavy (non-hydrogen) atoms. The minimum Gasteiger partial charge on any atom is -0.399 e. The van der Waals surface area contributed by atoms with E-state index in [9.17, 15) is 0 Å². The largest absolute Gasteiger partial charge is 0.399 e. The number of hydrogen-bond donors (Lipinski definition) is 1. The maximum Gasteiger partial charge on any atom is 0.0720 e. The molecule has 0 aromatic heterocycles. The van der Waals surface area contributed by atoms with Gasteiger partial charge in [-0.05, 0) is 73.5 Å². The van der Waals surface area contributed by atoms with E-state index in [-0.39, 0.29) is 0 Å². The van der Waals surface area contributed by atoms with E-state index in [1.807, 2.05) is 12.1 Å². The zero-order valence-electron chi connectivity index (χ0n) is 11.4. The molecule has 0 unspecified atom stereocenters. The zero-order chi connectivity index (χ0) is 12.8. The highest BCUT2D eigenvalue weighted by Crippen LogP contribution is 2.54. The summed E-state index contributed by atoms with van der Waals surface area (Å²) < 4.78 is 6.30. The number of hydrogen-bond acceptors (Lipinski definition) is 2. The SMILES string of the molecule is Nc1ccc(COC2C3CC4CC(C3)CC2C4)cc1. The predicted octanol–water partition coefficient (Wildman–Crippen LogP) is 3.61. The Hall–Kier alpha value is -1.02. The molecule has 4 aliphatic carbocycles. The van der Waals surface area contributed by atoms with Crippen LogP contribution in [-0.4, -0.2) is 6.10 Å². The lowest BCUT2D eigenvalue weighted by Crippen LogP contribution is -2.49. The second-order valence-electron chi connectivity index (χ2n) is 6.95. The van der Waals surface area contributed by atoms with Gasteiger partial charge in [0.1, 0.15) is 0 Å². The van der Waals surface area contributed by atoms with E-state index in [2.05, 4.69) is 12.1 Å².